The van der Waals surface area contributed by atoms with Gasteiger partial charge in [0, 0.05) is 31.5 Å². The lowest BCUT2D eigenvalue weighted by molar-refractivity contribution is -0.124. The summed E-state index contributed by atoms with van der Waals surface area (Å²) in [4.78, 5) is 55.0. The lowest BCUT2D eigenvalue weighted by Crippen LogP contribution is -2.40. The number of para-hydroxylation sites is 2. The molecule has 0 aromatic heterocycles. The minimum atomic E-state index is -1.03. The molecule has 10 nitrogen and oxygen atoms in total. The standard InChI is InChI=1S/C32H38N4O6/c1-20(34-2)28(37)10-6-7-23-18-35(30(38)15-16-33)26-8-4-5-9-27(26)36(31(23)39)19-25-24-13-11-22(32(40)41)17-21(24)12-14-29(25)42-3/h4-5,8-9,11-14,17,20,23,34H,6-7,10,15-16,18-19,33H2,1-3H3,(H,40,41)/t20-,23?/m0/s1. The zero-order chi connectivity index (χ0) is 30.4. The van der Waals surface area contributed by atoms with Gasteiger partial charge in [-0.1, -0.05) is 24.3 Å². The summed E-state index contributed by atoms with van der Waals surface area (Å²) in [6.45, 7) is 2.30. The first-order valence-corrected chi connectivity index (χ1v) is 14.1. The summed E-state index contributed by atoms with van der Waals surface area (Å²) in [6.07, 6.45) is 1.38. The molecule has 2 atom stereocenters. The molecule has 3 aromatic carbocycles. The fraction of sp³-hybridized carbons (Fsp3) is 0.375. The Morgan fingerprint density at radius 1 is 1.10 bits per heavy atom. The minimum Gasteiger partial charge on any atom is -0.496 e. The summed E-state index contributed by atoms with van der Waals surface area (Å²) in [5.74, 6) is -1.31. The number of rotatable bonds is 12. The van der Waals surface area contributed by atoms with Crippen LogP contribution in [0.4, 0.5) is 11.4 Å². The predicted octanol–water partition coefficient (Wildman–Crippen LogP) is 3.74. The van der Waals surface area contributed by atoms with Gasteiger partial charge < -0.3 is 30.7 Å². The van der Waals surface area contributed by atoms with E-state index in [4.69, 9.17) is 10.5 Å². The lowest BCUT2D eigenvalue weighted by atomic mass is 9.96. The first kappa shape index (κ1) is 30.7. The summed E-state index contributed by atoms with van der Waals surface area (Å²) < 4.78 is 5.69. The number of Topliss-reactive ketones (excluding diaryl/α,β-unsaturated/α-hetero) is 1. The van der Waals surface area contributed by atoms with Crippen molar-refractivity contribution in [1.82, 2.24) is 5.32 Å². The second-order valence-corrected chi connectivity index (χ2v) is 10.5. The van der Waals surface area contributed by atoms with E-state index in [2.05, 4.69) is 5.32 Å². The van der Waals surface area contributed by atoms with Crippen molar-refractivity contribution >= 4 is 45.7 Å². The van der Waals surface area contributed by atoms with Gasteiger partial charge in [-0.2, -0.15) is 0 Å². The number of fused-ring (bicyclic) bond motifs is 2. The Hall–Kier alpha value is -4.28. The van der Waals surface area contributed by atoms with Crippen molar-refractivity contribution in [1.29, 1.82) is 0 Å². The van der Waals surface area contributed by atoms with Gasteiger partial charge in [-0.3, -0.25) is 14.4 Å². The number of ketones is 1. The second-order valence-electron chi connectivity index (χ2n) is 10.5. The molecule has 4 N–H and O–H groups in total. The van der Waals surface area contributed by atoms with Gasteiger partial charge >= 0.3 is 5.97 Å². The summed E-state index contributed by atoms with van der Waals surface area (Å²) in [5.41, 5.74) is 7.80. The molecular weight excluding hydrogens is 536 g/mol. The third-order valence-corrected chi connectivity index (χ3v) is 7.90. The van der Waals surface area contributed by atoms with Crippen molar-refractivity contribution in [2.45, 2.75) is 45.2 Å². The maximum absolute atomic E-state index is 14.3. The minimum absolute atomic E-state index is 0.0657. The normalized spacial score (nSPS) is 15.7. The largest absolute Gasteiger partial charge is 0.496 e. The van der Waals surface area contributed by atoms with E-state index < -0.39 is 11.9 Å². The zero-order valence-corrected chi connectivity index (χ0v) is 24.3. The van der Waals surface area contributed by atoms with Crippen molar-refractivity contribution in [3.05, 3.63) is 65.7 Å². The zero-order valence-electron chi connectivity index (χ0n) is 24.3. The number of carboxylic acid groups (broad SMARTS) is 1. The van der Waals surface area contributed by atoms with Crippen molar-refractivity contribution < 1.29 is 29.0 Å². The molecular formula is C32H38N4O6. The SMILES string of the molecule is CN[C@@H](C)C(=O)CCCC1CN(C(=O)CCN)c2ccccc2N(Cc2c(OC)ccc3cc(C(=O)O)ccc23)C1=O. The van der Waals surface area contributed by atoms with E-state index in [1.54, 1.807) is 48.2 Å². The van der Waals surface area contributed by atoms with Crippen LogP contribution in [0.3, 0.4) is 0 Å². The number of carboxylic acids is 1. The number of likely N-dealkylation sites (N-methyl/N-ethyl adjacent to an activating group) is 1. The number of amides is 2. The molecule has 0 spiro atoms. The fourth-order valence-corrected chi connectivity index (χ4v) is 5.45. The first-order chi connectivity index (χ1) is 20.2. The summed E-state index contributed by atoms with van der Waals surface area (Å²) in [5, 5.41) is 13.9. The maximum Gasteiger partial charge on any atom is 0.335 e. The van der Waals surface area contributed by atoms with Gasteiger partial charge in [-0.05, 0) is 67.9 Å². The van der Waals surface area contributed by atoms with Crippen molar-refractivity contribution in [2.75, 3.05) is 37.0 Å². The van der Waals surface area contributed by atoms with Crippen LogP contribution in [-0.2, 0) is 20.9 Å². The summed E-state index contributed by atoms with van der Waals surface area (Å²) in [6, 6.07) is 15.4. The van der Waals surface area contributed by atoms with Gasteiger partial charge in [-0.15, -0.1) is 0 Å². The number of nitrogens with one attached hydrogen (secondary N) is 1. The molecule has 1 aliphatic heterocycles. The van der Waals surface area contributed by atoms with Gasteiger partial charge in [0.25, 0.3) is 0 Å². The van der Waals surface area contributed by atoms with Crippen molar-refractivity contribution in [3.63, 3.8) is 0 Å². The number of ether oxygens (including phenoxy) is 1. The van der Waals surface area contributed by atoms with Crippen LogP contribution in [0.5, 0.6) is 5.75 Å². The Morgan fingerprint density at radius 2 is 1.83 bits per heavy atom. The highest BCUT2D eigenvalue weighted by atomic mass is 16.5. The van der Waals surface area contributed by atoms with Gasteiger partial charge in [0.05, 0.1) is 42.6 Å². The number of methoxy groups -OCH3 is 1. The molecule has 1 aliphatic rings. The molecule has 1 unspecified atom stereocenters. The van der Waals surface area contributed by atoms with Crippen molar-refractivity contribution in [2.24, 2.45) is 11.7 Å². The molecule has 42 heavy (non-hydrogen) atoms. The van der Waals surface area contributed by atoms with Gasteiger partial charge in [0.2, 0.25) is 11.8 Å². The van der Waals surface area contributed by atoms with E-state index in [-0.39, 0.29) is 55.3 Å². The highest BCUT2D eigenvalue weighted by Crippen LogP contribution is 2.39. The van der Waals surface area contributed by atoms with Crippen LogP contribution < -0.4 is 25.6 Å². The molecule has 0 saturated carbocycles. The molecule has 222 valence electrons. The molecule has 0 fully saturated rings. The summed E-state index contributed by atoms with van der Waals surface area (Å²) >= 11 is 0. The van der Waals surface area contributed by atoms with Crippen LogP contribution in [0.25, 0.3) is 10.8 Å². The topological polar surface area (TPSA) is 142 Å². The van der Waals surface area contributed by atoms with Crippen LogP contribution in [-0.4, -0.2) is 62.0 Å². The van der Waals surface area contributed by atoms with E-state index in [0.29, 0.717) is 47.3 Å². The number of carbonyl (C=O) groups excluding carboxylic acids is 3. The molecule has 2 amide bonds. The van der Waals surface area contributed by atoms with Gasteiger partial charge in [-0.25, -0.2) is 4.79 Å². The number of aromatic carboxylic acids is 1. The second kappa shape index (κ2) is 13.6. The highest BCUT2D eigenvalue weighted by Gasteiger charge is 2.36. The van der Waals surface area contributed by atoms with Crippen LogP contribution in [0, 0.1) is 5.92 Å². The number of benzene rings is 3. The van der Waals surface area contributed by atoms with Gasteiger partial charge in [0.1, 0.15) is 11.5 Å². The number of hydrogen-bond donors (Lipinski definition) is 3. The highest BCUT2D eigenvalue weighted by molar-refractivity contribution is 6.06. The quantitative estimate of drug-likeness (QED) is 0.297. The Kier molecular flexibility index (Phi) is 9.92. The predicted molar refractivity (Wildman–Crippen MR) is 162 cm³/mol. The fourth-order valence-electron chi connectivity index (χ4n) is 5.45. The summed E-state index contributed by atoms with van der Waals surface area (Å²) in [7, 11) is 3.28. The Morgan fingerprint density at radius 3 is 2.50 bits per heavy atom. The molecule has 10 heteroatoms. The van der Waals surface area contributed by atoms with Crippen LogP contribution in [0.1, 0.15) is 48.5 Å². The van der Waals surface area contributed by atoms with Crippen LogP contribution in [0.2, 0.25) is 0 Å². The van der Waals surface area contributed by atoms with E-state index in [1.807, 2.05) is 31.2 Å². The molecule has 4 rings (SSSR count). The van der Waals surface area contributed by atoms with E-state index >= 15 is 0 Å². The first-order valence-electron chi connectivity index (χ1n) is 14.1. The number of nitrogens with zero attached hydrogens (tertiary/aromatic N) is 2. The van der Waals surface area contributed by atoms with Gasteiger partial charge in [0.15, 0.2) is 0 Å². The number of anilines is 2. The molecule has 0 aliphatic carbocycles. The van der Waals surface area contributed by atoms with E-state index in [9.17, 15) is 24.3 Å². The average Bonchev–Trinajstić information content (AvgIpc) is 3.11. The van der Waals surface area contributed by atoms with E-state index in [1.165, 1.54) is 6.07 Å². The lowest BCUT2D eigenvalue weighted by Gasteiger charge is -2.27. The molecule has 0 saturated heterocycles. The monoisotopic (exact) mass is 574 g/mol. The molecule has 0 radical (unpaired) electrons. The molecule has 1 heterocycles. The van der Waals surface area contributed by atoms with E-state index in [0.717, 1.165) is 5.39 Å². The van der Waals surface area contributed by atoms with Crippen LogP contribution >= 0.6 is 0 Å². The molecule has 3 aromatic rings. The molecule has 0 bridgehead atoms. The Bertz CT molecular complexity index is 1490. The maximum atomic E-state index is 14.3. The van der Waals surface area contributed by atoms with Crippen LogP contribution in [0.15, 0.2) is 54.6 Å². The Labute approximate surface area is 245 Å². The average molecular weight is 575 g/mol. The number of hydrogen-bond acceptors (Lipinski definition) is 7. The van der Waals surface area contributed by atoms with Crippen molar-refractivity contribution in [3.8, 4) is 5.75 Å². The number of carbonyl (C=O) groups is 4. The third kappa shape index (κ3) is 6.45. The Balaban J connectivity index is 1.78. The third-order valence-electron chi connectivity index (χ3n) is 7.90. The smallest absolute Gasteiger partial charge is 0.335 e. The number of nitrogens with two attached hydrogens (primary N) is 1.